The van der Waals surface area contributed by atoms with Gasteiger partial charge in [0.1, 0.15) is 0 Å². The van der Waals surface area contributed by atoms with Gasteiger partial charge in [-0.1, -0.05) is 27.2 Å². The minimum absolute atomic E-state index is 0.0668. The van der Waals surface area contributed by atoms with Gasteiger partial charge in [-0.3, -0.25) is 0 Å². The quantitative estimate of drug-likeness (QED) is 0.808. The molecule has 0 bridgehead atoms. The summed E-state index contributed by atoms with van der Waals surface area (Å²) in [6.45, 7) is 12.0. The zero-order valence-corrected chi connectivity index (χ0v) is 15.2. The van der Waals surface area contributed by atoms with E-state index in [2.05, 4.69) is 26.1 Å². The minimum atomic E-state index is 0.0668. The van der Waals surface area contributed by atoms with Gasteiger partial charge in [0.25, 0.3) is 0 Å². The fourth-order valence-electron chi connectivity index (χ4n) is 3.36. The number of nitrogens with zero attached hydrogens (tertiary/aromatic N) is 1. The summed E-state index contributed by atoms with van der Waals surface area (Å²) in [6, 6.07) is 0.0668. The largest absolute Gasteiger partial charge is 0.381 e. The number of carbonyl (C=O) groups is 1. The number of nitrogens with one attached hydrogen (secondary N) is 1. The van der Waals surface area contributed by atoms with Crippen molar-refractivity contribution in [2.45, 2.75) is 52.9 Å². The molecule has 1 spiro atoms. The average molecular weight is 326 g/mol. The zero-order valence-electron chi connectivity index (χ0n) is 15.2. The van der Waals surface area contributed by atoms with E-state index in [0.29, 0.717) is 18.6 Å². The Kier molecular flexibility index (Phi) is 6.72. The Hall–Kier alpha value is -0.810. The molecule has 2 saturated heterocycles. The number of rotatable bonds is 4. The van der Waals surface area contributed by atoms with Crippen LogP contribution in [0.25, 0.3) is 0 Å². The van der Waals surface area contributed by atoms with Crippen LogP contribution in [0.15, 0.2) is 0 Å². The van der Waals surface area contributed by atoms with E-state index in [1.54, 1.807) is 0 Å². The van der Waals surface area contributed by atoms with Crippen molar-refractivity contribution in [3.05, 3.63) is 0 Å². The van der Waals surface area contributed by atoms with Gasteiger partial charge >= 0.3 is 6.03 Å². The highest BCUT2D eigenvalue weighted by Gasteiger charge is 2.37. The van der Waals surface area contributed by atoms with E-state index in [9.17, 15) is 4.79 Å². The molecule has 1 N–H and O–H groups in total. The lowest BCUT2D eigenvalue weighted by molar-refractivity contribution is -0.0295. The Labute approximate surface area is 141 Å². The third-order valence-electron chi connectivity index (χ3n) is 4.91. The van der Waals surface area contributed by atoms with Crippen molar-refractivity contribution in [3.8, 4) is 0 Å². The van der Waals surface area contributed by atoms with Crippen molar-refractivity contribution in [3.63, 3.8) is 0 Å². The molecular weight excluding hydrogens is 292 g/mol. The van der Waals surface area contributed by atoms with E-state index >= 15 is 0 Å². The standard InChI is InChI=1S/C18H34N2O3/c1-17(2,3)6-4-5-9-19-16(21)20-10-13-23-15-18(14-20)7-11-22-12-8-18/h4-15H2,1-3H3,(H,19,21). The molecule has 2 rings (SSSR count). The monoisotopic (exact) mass is 326 g/mol. The van der Waals surface area contributed by atoms with Crippen LogP contribution < -0.4 is 5.32 Å². The second kappa shape index (κ2) is 8.34. The van der Waals surface area contributed by atoms with Crippen molar-refractivity contribution < 1.29 is 14.3 Å². The summed E-state index contributed by atoms with van der Waals surface area (Å²) in [5.74, 6) is 0. The van der Waals surface area contributed by atoms with Crippen molar-refractivity contribution in [2.75, 3.05) is 46.1 Å². The summed E-state index contributed by atoms with van der Waals surface area (Å²) in [6.07, 6.45) is 5.38. The zero-order chi connectivity index (χ0) is 16.8. The highest BCUT2D eigenvalue weighted by Crippen LogP contribution is 2.33. The van der Waals surface area contributed by atoms with Gasteiger partial charge in [-0.2, -0.15) is 0 Å². The molecule has 2 aliphatic rings. The van der Waals surface area contributed by atoms with Crippen LogP contribution in [0.4, 0.5) is 4.79 Å². The average Bonchev–Trinajstić information content (AvgIpc) is 2.69. The molecule has 2 fully saturated rings. The molecule has 2 aliphatic heterocycles. The molecule has 5 heteroatoms. The first kappa shape index (κ1) is 18.5. The summed E-state index contributed by atoms with van der Waals surface area (Å²) >= 11 is 0. The van der Waals surface area contributed by atoms with Gasteiger partial charge in [-0.05, 0) is 31.1 Å². The molecule has 0 unspecified atom stereocenters. The van der Waals surface area contributed by atoms with Gasteiger partial charge in [-0.25, -0.2) is 4.79 Å². The van der Waals surface area contributed by atoms with Crippen LogP contribution in [0, 0.1) is 10.8 Å². The number of ether oxygens (including phenoxy) is 2. The highest BCUT2D eigenvalue weighted by molar-refractivity contribution is 5.74. The molecule has 5 nitrogen and oxygen atoms in total. The van der Waals surface area contributed by atoms with Crippen LogP contribution in [0.1, 0.15) is 52.9 Å². The van der Waals surface area contributed by atoms with Crippen molar-refractivity contribution in [1.29, 1.82) is 0 Å². The number of carbonyl (C=O) groups excluding carboxylic acids is 1. The van der Waals surface area contributed by atoms with E-state index in [4.69, 9.17) is 9.47 Å². The fourth-order valence-corrected chi connectivity index (χ4v) is 3.36. The first-order valence-electron chi connectivity index (χ1n) is 9.09. The number of hydrogen-bond donors (Lipinski definition) is 1. The van der Waals surface area contributed by atoms with Crippen molar-refractivity contribution >= 4 is 6.03 Å². The van der Waals surface area contributed by atoms with Crippen LogP contribution in [0.3, 0.4) is 0 Å². The van der Waals surface area contributed by atoms with Crippen molar-refractivity contribution in [1.82, 2.24) is 10.2 Å². The lowest BCUT2D eigenvalue weighted by atomic mass is 9.80. The Morgan fingerprint density at radius 3 is 2.57 bits per heavy atom. The van der Waals surface area contributed by atoms with Gasteiger partial charge in [0.15, 0.2) is 0 Å². The minimum Gasteiger partial charge on any atom is -0.381 e. The summed E-state index contributed by atoms with van der Waals surface area (Å²) in [5.41, 5.74) is 0.472. The van der Waals surface area contributed by atoms with Gasteiger partial charge in [0, 0.05) is 38.3 Å². The second-order valence-electron chi connectivity index (χ2n) is 8.34. The maximum Gasteiger partial charge on any atom is 0.317 e. The van der Waals surface area contributed by atoms with Crippen LogP contribution in [-0.2, 0) is 9.47 Å². The maximum atomic E-state index is 12.5. The Morgan fingerprint density at radius 2 is 1.87 bits per heavy atom. The topological polar surface area (TPSA) is 50.8 Å². The molecule has 0 aromatic rings. The van der Waals surface area contributed by atoms with E-state index < -0.39 is 0 Å². The third-order valence-corrected chi connectivity index (χ3v) is 4.91. The number of amides is 2. The molecule has 2 heterocycles. The highest BCUT2D eigenvalue weighted by atomic mass is 16.5. The maximum absolute atomic E-state index is 12.5. The number of hydrogen-bond acceptors (Lipinski definition) is 3. The molecule has 23 heavy (non-hydrogen) atoms. The molecule has 134 valence electrons. The smallest absolute Gasteiger partial charge is 0.317 e. The normalized spacial score (nSPS) is 22.0. The summed E-state index contributed by atoms with van der Waals surface area (Å²) in [7, 11) is 0. The number of unbranched alkanes of at least 4 members (excludes halogenated alkanes) is 1. The molecule has 2 amide bonds. The molecule has 0 aromatic heterocycles. The molecule has 0 aliphatic carbocycles. The van der Waals surface area contributed by atoms with Crippen LogP contribution >= 0.6 is 0 Å². The molecule has 0 saturated carbocycles. The van der Waals surface area contributed by atoms with E-state index in [1.807, 2.05) is 4.90 Å². The van der Waals surface area contributed by atoms with Crippen molar-refractivity contribution in [2.24, 2.45) is 10.8 Å². The van der Waals surface area contributed by atoms with E-state index in [1.165, 1.54) is 6.42 Å². The first-order chi connectivity index (χ1) is 10.9. The van der Waals surface area contributed by atoms with Crippen LogP contribution in [0.5, 0.6) is 0 Å². The van der Waals surface area contributed by atoms with Crippen LogP contribution in [-0.4, -0.2) is 57.0 Å². The van der Waals surface area contributed by atoms with Gasteiger partial charge in [0.05, 0.1) is 13.2 Å². The molecule has 0 atom stereocenters. The lowest BCUT2D eigenvalue weighted by Gasteiger charge is -2.38. The lowest BCUT2D eigenvalue weighted by Crippen LogP contribution is -2.48. The van der Waals surface area contributed by atoms with Gasteiger partial charge in [-0.15, -0.1) is 0 Å². The third kappa shape index (κ3) is 6.30. The van der Waals surface area contributed by atoms with Gasteiger partial charge < -0.3 is 19.7 Å². The Bertz CT molecular complexity index is 373. The van der Waals surface area contributed by atoms with Gasteiger partial charge in [0.2, 0.25) is 0 Å². The second-order valence-corrected chi connectivity index (χ2v) is 8.34. The summed E-state index contributed by atoms with van der Waals surface area (Å²) in [5, 5.41) is 3.09. The predicted molar refractivity (Wildman–Crippen MR) is 91.6 cm³/mol. The van der Waals surface area contributed by atoms with E-state index in [0.717, 1.165) is 58.6 Å². The molecular formula is C18H34N2O3. The Balaban J connectivity index is 1.74. The van der Waals surface area contributed by atoms with Crippen LogP contribution in [0.2, 0.25) is 0 Å². The van der Waals surface area contributed by atoms with E-state index in [-0.39, 0.29) is 11.4 Å². The summed E-state index contributed by atoms with van der Waals surface area (Å²) < 4.78 is 11.2. The first-order valence-corrected chi connectivity index (χ1v) is 9.09. The predicted octanol–water partition coefficient (Wildman–Crippen LogP) is 3.04. The Morgan fingerprint density at radius 1 is 1.13 bits per heavy atom. The number of urea groups is 1. The molecule has 0 radical (unpaired) electrons. The fraction of sp³-hybridized carbons (Fsp3) is 0.944. The molecule has 0 aromatic carbocycles. The summed E-state index contributed by atoms with van der Waals surface area (Å²) in [4.78, 5) is 14.4. The SMILES string of the molecule is CC(C)(C)CCCCNC(=O)N1CCOCC2(CCOCC2)C1.